The Balaban J connectivity index is 2.28. The molecule has 0 radical (unpaired) electrons. The molecule has 1 aromatic heterocycles. The molecule has 1 aromatic rings. The third-order valence-electron chi connectivity index (χ3n) is 4.34. The fourth-order valence-electron chi connectivity index (χ4n) is 3.17. The molecule has 0 spiro atoms. The molecule has 1 saturated heterocycles. The minimum Gasteiger partial charge on any atom is -0.495 e. The van der Waals surface area contributed by atoms with Gasteiger partial charge in [0.25, 0.3) is 0 Å². The summed E-state index contributed by atoms with van der Waals surface area (Å²) in [5, 5.41) is 3.42. The number of rotatable bonds is 4. The highest BCUT2D eigenvalue weighted by molar-refractivity contribution is 5.27. The molecule has 1 aliphatic rings. The number of nitrogens with zero attached hydrogens (tertiary/aromatic N) is 1. The zero-order valence-corrected chi connectivity index (χ0v) is 12.4. The van der Waals surface area contributed by atoms with Gasteiger partial charge in [0.1, 0.15) is 5.75 Å². The van der Waals surface area contributed by atoms with E-state index in [1.165, 1.54) is 0 Å². The summed E-state index contributed by atoms with van der Waals surface area (Å²) in [6.07, 6.45) is 4.19. The Morgan fingerprint density at radius 2 is 2.00 bits per heavy atom. The van der Waals surface area contributed by atoms with E-state index in [4.69, 9.17) is 9.47 Å². The maximum atomic E-state index is 5.96. The number of hydrogen-bond donors (Lipinski definition) is 1. The maximum absolute atomic E-state index is 5.96. The van der Waals surface area contributed by atoms with Crippen molar-refractivity contribution in [3.63, 3.8) is 0 Å². The molecule has 4 heteroatoms. The van der Waals surface area contributed by atoms with Crippen LogP contribution in [0.25, 0.3) is 0 Å². The second kappa shape index (κ2) is 5.88. The Morgan fingerprint density at radius 3 is 2.53 bits per heavy atom. The molecule has 0 amide bonds. The molecule has 2 rings (SSSR count). The second-order valence-corrected chi connectivity index (χ2v) is 5.41. The zero-order valence-electron chi connectivity index (χ0n) is 12.4. The van der Waals surface area contributed by atoms with Crippen LogP contribution in [0.1, 0.15) is 32.4 Å². The molecule has 5 atom stereocenters. The van der Waals surface area contributed by atoms with Crippen molar-refractivity contribution in [1.29, 1.82) is 0 Å². The van der Waals surface area contributed by atoms with E-state index in [9.17, 15) is 0 Å². The van der Waals surface area contributed by atoms with Crippen LogP contribution in [0.2, 0.25) is 0 Å². The van der Waals surface area contributed by atoms with E-state index >= 15 is 0 Å². The average molecular weight is 264 g/mol. The van der Waals surface area contributed by atoms with Crippen LogP contribution < -0.4 is 10.1 Å². The Morgan fingerprint density at radius 1 is 1.26 bits per heavy atom. The van der Waals surface area contributed by atoms with Crippen LogP contribution in [0.4, 0.5) is 0 Å². The van der Waals surface area contributed by atoms with Gasteiger partial charge in [-0.25, -0.2) is 0 Å². The highest BCUT2D eigenvalue weighted by Gasteiger charge is 2.41. The van der Waals surface area contributed by atoms with Gasteiger partial charge in [-0.15, -0.1) is 0 Å². The van der Waals surface area contributed by atoms with E-state index in [-0.39, 0.29) is 12.1 Å². The first-order valence-electron chi connectivity index (χ1n) is 6.90. The second-order valence-electron chi connectivity index (χ2n) is 5.41. The van der Waals surface area contributed by atoms with Crippen LogP contribution in [0.15, 0.2) is 18.5 Å². The predicted octanol–water partition coefficient (Wildman–Crippen LogP) is 2.41. The van der Waals surface area contributed by atoms with E-state index < -0.39 is 0 Å². The first kappa shape index (κ1) is 14.3. The van der Waals surface area contributed by atoms with Crippen LogP contribution in [-0.4, -0.2) is 31.3 Å². The lowest BCUT2D eigenvalue weighted by atomic mass is 9.81. The molecule has 5 unspecified atom stereocenters. The molecule has 1 N–H and O–H groups in total. The first-order valence-corrected chi connectivity index (χ1v) is 6.90. The summed E-state index contributed by atoms with van der Waals surface area (Å²) in [6, 6.07) is 2.29. The molecular formula is C15H24N2O2. The fourth-order valence-corrected chi connectivity index (χ4v) is 3.17. The average Bonchev–Trinajstić information content (AvgIpc) is 2.66. The molecule has 0 aromatic carbocycles. The van der Waals surface area contributed by atoms with E-state index in [2.05, 4.69) is 37.1 Å². The van der Waals surface area contributed by atoms with Gasteiger partial charge >= 0.3 is 0 Å². The molecule has 0 bridgehead atoms. The number of pyridine rings is 1. The largest absolute Gasteiger partial charge is 0.495 e. The van der Waals surface area contributed by atoms with Crippen LogP contribution in [0.3, 0.4) is 0 Å². The van der Waals surface area contributed by atoms with E-state index in [1.807, 2.05) is 13.2 Å². The van der Waals surface area contributed by atoms with Crippen LogP contribution in [-0.2, 0) is 4.74 Å². The van der Waals surface area contributed by atoms with Gasteiger partial charge in [0.15, 0.2) is 0 Å². The number of ether oxygens (including phenoxy) is 2. The quantitative estimate of drug-likeness (QED) is 0.907. The van der Waals surface area contributed by atoms with Crippen molar-refractivity contribution in [3.05, 3.63) is 24.0 Å². The van der Waals surface area contributed by atoms with Crippen LogP contribution in [0, 0.1) is 11.8 Å². The molecule has 2 heterocycles. The van der Waals surface area contributed by atoms with Crippen molar-refractivity contribution in [2.75, 3.05) is 14.2 Å². The molecule has 0 saturated carbocycles. The summed E-state index contributed by atoms with van der Waals surface area (Å²) >= 11 is 0. The molecule has 106 valence electrons. The third-order valence-corrected chi connectivity index (χ3v) is 4.34. The highest BCUT2D eigenvalue weighted by Crippen LogP contribution is 2.40. The minimum atomic E-state index is 0.234. The van der Waals surface area contributed by atoms with Crippen molar-refractivity contribution in [1.82, 2.24) is 10.3 Å². The van der Waals surface area contributed by atoms with Gasteiger partial charge in [0, 0.05) is 18.2 Å². The number of aromatic nitrogens is 1. The Kier molecular flexibility index (Phi) is 4.42. The van der Waals surface area contributed by atoms with Crippen LogP contribution >= 0.6 is 0 Å². The molecule has 0 aliphatic carbocycles. The minimum absolute atomic E-state index is 0.234. The molecule has 4 nitrogen and oxygen atoms in total. The maximum Gasteiger partial charge on any atom is 0.137 e. The van der Waals surface area contributed by atoms with E-state index in [0.29, 0.717) is 17.9 Å². The van der Waals surface area contributed by atoms with Crippen molar-refractivity contribution >= 4 is 0 Å². The van der Waals surface area contributed by atoms with Gasteiger partial charge in [-0.3, -0.25) is 4.98 Å². The van der Waals surface area contributed by atoms with Gasteiger partial charge in [-0.1, -0.05) is 6.92 Å². The normalized spacial score (nSPS) is 32.3. The summed E-state index contributed by atoms with van der Waals surface area (Å²) in [5.74, 6) is 1.75. The van der Waals surface area contributed by atoms with Gasteiger partial charge < -0.3 is 14.8 Å². The number of methoxy groups -OCH3 is 1. The standard InChI is InChI=1S/C15H24N2O2/c1-9-10(2)19-11(3)14(9)15(16-4)12-6-13(18-5)8-17-7-12/h6-11,14-16H,1-5H3. The molecule has 1 fully saturated rings. The Bertz CT molecular complexity index is 424. The van der Waals surface area contributed by atoms with Crippen molar-refractivity contribution in [2.45, 2.75) is 39.0 Å². The lowest BCUT2D eigenvalue weighted by Crippen LogP contribution is -2.33. The van der Waals surface area contributed by atoms with Gasteiger partial charge in [-0.05, 0) is 38.4 Å². The molecule has 19 heavy (non-hydrogen) atoms. The summed E-state index contributed by atoms with van der Waals surface area (Å²) in [4.78, 5) is 4.26. The highest BCUT2D eigenvalue weighted by atomic mass is 16.5. The molecular weight excluding hydrogens is 240 g/mol. The van der Waals surface area contributed by atoms with E-state index in [0.717, 1.165) is 11.3 Å². The predicted molar refractivity (Wildman–Crippen MR) is 75.3 cm³/mol. The third kappa shape index (κ3) is 2.74. The topological polar surface area (TPSA) is 43.4 Å². The summed E-state index contributed by atoms with van der Waals surface area (Å²) in [5.41, 5.74) is 1.16. The van der Waals surface area contributed by atoms with Crippen LogP contribution in [0.5, 0.6) is 5.75 Å². The van der Waals surface area contributed by atoms with Gasteiger partial charge in [-0.2, -0.15) is 0 Å². The lowest BCUT2D eigenvalue weighted by molar-refractivity contribution is 0.0478. The summed E-state index contributed by atoms with van der Waals surface area (Å²) in [7, 11) is 3.66. The SMILES string of the molecule is CNC(c1cncc(OC)c1)C1C(C)OC(C)C1C. The Labute approximate surface area is 115 Å². The van der Waals surface area contributed by atoms with Crippen molar-refractivity contribution in [2.24, 2.45) is 11.8 Å². The molecule has 1 aliphatic heterocycles. The zero-order chi connectivity index (χ0) is 14.0. The summed E-state index contributed by atoms with van der Waals surface area (Å²) < 4.78 is 11.2. The van der Waals surface area contributed by atoms with Gasteiger partial charge in [0.05, 0.1) is 25.5 Å². The summed E-state index contributed by atoms with van der Waals surface area (Å²) in [6.45, 7) is 6.57. The van der Waals surface area contributed by atoms with Crippen molar-refractivity contribution in [3.8, 4) is 5.75 Å². The van der Waals surface area contributed by atoms with Crippen molar-refractivity contribution < 1.29 is 9.47 Å². The van der Waals surface area contributed by atoms with E-state index in [1.54, 1.807) is 13.3 Å². The fraction of sp³-hybridized carbons (Fsp3) is 0.667. The lowest BCUT2D eigenvalue weighted by Gasteiger charge is -2.29. The monoisotopic (exact) mass is 264 g/mol. The number of nitrogens with one attached hydrogen (secondary N) is 1. The van der Waals surface area contributed by atoms with Gasteiger partial charge in [0.2, 0.25) is 0 Å². The first-order chi connectivity index (χ1) is 9.08. The Hall–Kier alpha value is -1.13. The number of hydrogen-bond acceptors (Lipinski definition) is 4. The smallest absolute Gasteiger partial charge is 0.137 e.